The highest BCUT2D eigenvalue weighted by Crippen LogP contribution is 2.52. The van der Waals surface area contributed by atoms with Gasteiger partial charge in [0.15, 0.2) is 0 Å². The monoisotopic (exact) mass is 242 g/mol. The van der Waals surface area contributed by atoms with Crippen molar-refractivity contribution in [2.75, 3.05) is 0 Å². The molecule has 1 aliphatic rings. The molecule has 1 aromatic carbocycles. The average molecular weight is 243 g/mol. The molecule has 2 nitrogen and oxygen atoms in total. The van der Waals surface area contributed by atoms with E-state index < -0.39 is 11.8 Å². The molecular weight excluding hydrogens is 231 g/mol. The SMILES string of the molecule is Cc1c(C2(CC(=O)O)CC2)ccc(F)c1Cl. The molecule has 86 valence electrons. The van der Waals surface area contributed by atoms with Gasteiger partial charge in [-0.05, 0) is 37.0 Å². The fourth-order valence-corrected chi connectivity index (χ4v) is 2.37. The summed E-state index contributed by atoms with van der Waals surface area (Å²) in [6, 6.07) is 2.97. The summed E-state index contributed by atoms with van der Waals surface area (Å²) >= 11 is 5.83. The highest BCUT2D eigenvalue weighted by molar-refractivity contribution is 6.31. The molecule has 16 heavy (non-hydrogen) atoms. The quantitative estimate of drug-likeness (QED) is 0.883. The second-order valence-corrected chi connectivity index (χ2v) is 4.76. The first-order chi connectivity index (χ1) is 7.46. The minimum absolute atomic E-state index is 0.0931. The van der Waals surface area contributed by atoms with Gasteiger partial charge in [0, 0.05) is 5.41 Å². The van der Waals surface area contributed by atoms with Gasteiger partial charge in [-0.3, -0.25) is 4.79 Å². The van der Waals surface area contributed by atoms with Gasteiger partial charge in [0.25, 0.3) is 0 Å². The number of hydrogen-bond donors (Lipinski definition) is 1. The molecule has 0 aromatic heterocycles. The summed E-state index contributed by atoms with van der Waals surface area (Å²) in [5.41, 5.74) is 1.23. The summed E-state index contributed by atoms with van der Waals surface area (Å²) < 4.78 is 13.2. The van der Waals surface area contributed by atoms with Gasteiger partial charge in [0.1, 0.15) is 5.82 Å². The predicted molar refractivity (Wildman–Crippen MR) is 59.3 cm³/mol. The van der Waals surface area contributed by atoms with Gasteiger partial charge < -0.3 is 5.11 Å². The predicted octanol–water partition coefficient (Wildman–Crippen LogP) is 3.29. The molecule has 0 amide bonds. The second kappa shape index (κ2) is 3.74. The maximum atomic E-state index is 13.2. The van der Waals surface area contributed by atoms with Crippen LogP contribution in [0.15, 0.2) is 12.1 Å². The van der Waals surface area contributed by atoms with Crippen molar-refractivity contribution in [3.05, 3.63) is 34.1 Å². The highest BCUT2D eigenvalue weighted by Gasteiger charge is 2.47. The van der Waals surface area contributed by atoms with Crippen molar-refractivity contribution in [3.8, 4) is 0 Å². The summed E-state index contributed by atoms with van der Waals surface area (Å²) in [7, 11) is 0. The first kappa shape index (κ1) is 11.4. The highest BCUT2D eigenvalue weighted by atomic mass is 35.5. The molecule has 0 heterocycles. The lowest BCUT2D eigenvalue weighted by molar-refractivity contribution is -0.137. The van der Waals surface area contributed by atoms with Crippen LogP contribution in [-0.4, -0.2) is 11.1 Å². The number of carboxylic acids is 1. The van der Waals surface area contributed by atoms with Gasteiger partial charge in [-0.1, -0.05) is 17.7 Å². The van der Waals surface area contributed by atoms with Crippen molar-refractivity contribution in [1.29, 1.82) is 0 Å². The van der Waals surface area contributed by atoms with Gasteiger partial charge in [-0.15, -0.1) is 0 Å². The second-order valence-electron chi connectivity index (χ2n) is 4.38. The van der Waals surface area contributed by atoms with E-state index in [4.69, 9.17) is 16.7 Å². The van der Waals surface area contributed by atoms with Crippen molar-refractivity contribution in [2.24, 2.45) is 0 Å². The summed E-state index contributed by atoms with van der Waals surface area (Å²) in [6.45, 7) is 1.74. The zero-order chi connectivity index (χ0) is 11.9. The van der Waals surface area contributed by atoms with E-state index in [1.807, 2.05) is 0 Å². The van der Waals surface area contributed by atoms with Crippen LogP contribution in [0.2, 0.25) is 5.02 Å². The lowest BCUT2D eigenvalue weighted by atomic mass is 9.89. The Balaban J connectivity index is 2.42. The third-order valence-corrected chi connectivity index (χ3v) is 3.72. The standard InChI is InChI=1S/C12H12ClFO2/c1-7-8(2-3-9(14)11(7)13)12(4-5-12)6-10(15)16/h2-3H,4-6H2,1H3,(H,15,16). The summed E-state index contributed by atoms with van der Waals surface area (Å²) in [5, 5.41) is 8.96. The number of hydrogen-bond acceptors (Lipinski definition) is 1. The van der Waals surface area contributed by atoms with Crippen LogP contribution in [0.3, 0.4) is 0 Å². The van der Waals surface area contributed by atoms with Crippen molar-refractivity contribution in [3.63, 3.8) is 0 Å². The Morgan fingerprint density at radius 2 is 2.19 bits per heavy atom. The van der Waals surface area contributed by atoms with Gasteiger partial charge in [-0.25, -0.2) is 4.39 Å². The Kier molecular flexibility index (Phi) is 2.66. The molecule has 0 bridgehead atoms. The molecule has 4 heteroatoms. The molecule has 1 fully saturated rings. The molecule has 0 aliphatic heterocycles. The number of carbonyl (C=O) groups is 1. The zero-order valence-electron chi connectivity index (χ0n) is 8.89. The molecule has 2 rings (SSSR count). The number of rotatable bonds is 3. The molecule has 0 atom stereocenters. The lowest BCUT2D eigenvalue weighted by Crippen LogP contribution is -2.14. The molecule has 1 aliphatic carbocycles. The van der Waals surface area contributed by atoms with E-state index in [-0.39, 0.29) is 16.9 Å². The Morgan fingerprint density at radius 1 is 1.56 bits per heavy atom. The van der Waals surface area contributed by atoms with Crippen LogP contribution in [-0.2, 0) is 10.2 Å². The summed E-state index contributed by atoms with van der Waals surface area (Å²) in [6.07, 6.45) is 1.76. The van der Waals surface area contributed by atoms with Crippen molar-refractivity contribution < 1.29 is 14.3 Å². The molecule has 1 aromatic rings. The van der Waals surface area contributed by atoms with Crippen LogP contribution >= 0.6 is 11.6 Å². The smallest absolute Gasteiger partial charge is 0.304 e. The third kappa shape index (κ3) is 1.80. The molecule has 0 spiro atoms. The van der Waals surface area contributed by atoms with Crippen molar-refractivity contribution in [2.45, 2.75) is 31.6 Å². The van der Waals surface area contributed by atoms with E-state index in [1.54, 1.807) is 13.0 Å². The number of halogens is 2. The minimum Gasteiger partial charge on any atom is -0.481 e. The van der Waals surface area contributed by atoms with Gasteiger partial charge in [-0.2, -0.15) is 0 Å². The Hall–Kier alpha value is -1.09. The van der Waals surface area contributed by atoms with E-state index in [9.17, 15) is 9.18 Å². The van der Waals surface area contributed by atoms with Gasteiger partial charge in [0.2, 0.25) is 0 Å². The maximum absolute atomic E-state index is 13.2. The van der Waals surface area contributed by atoms with Gasteiger partial charge in [0.05, 0.1) is 11.4 Å². The fourth-order valence-electron chi connectivity index (χ4n) is 2.21. The third-order valence-electron chi connectivity index (χ3n) is 3.25. The van der Waals surface area contributed by atoms with E-state index in [0.717, 1.165) is 18.4 Å². The lowest BCUT2D eigenvalue weighted by Gasteiger charge is -2.17. The maximum Gasteiger partial charge on any atom is 0.304 e. The Morgan fingerprint density at radius 3 is 2.69 bits per heavy atom. The molecule has 0 radical (unpaired) electrons. The van der Waals surface area contributed by atoms with Crippen LogP contribution < -0.4 is 0 Å². The van der Waals surface area contributed by atoms with E-state index >= 15 is 0 Å². The fraction of sp³-hybridized carbons (Fsp3) is 0.417. The first-order valence-corrected chi connectivity index (χ1v) is 5.51. The minimum atomic E-state index is -0.822. The Labute approximate surface area is 98.0 Å². The van der Waals surface area contributed by atoms with Crippen molar-refractivity contribution >= 4 is 17.6 Å². The average Bonchev–Trinajstić information content (AvgIpc) is 2.94. The number of carboxylic acid groups (broad SMARTS) is 1. The van der Waals surface area contributed by atoms with E-state index in [2.05, 4.69) is 0 Å². The molecule has 0 unspecified atom stereocenters. The summed E-state index contributed by atoms with van der Waals surface area (Å²) in [4.78, 5) is 10.8. The van der Waals surface area contributed by atoms with E-state index in [1.165, 1.54) is 6.07 Å². The zero-order valence-corrected chi connectivity index (χ0v) is 9.64. The number of aliphatic carboxylic acids is 1. The topological polar surface area (TPSA) is 37.3 Å². The van der Waals surface area contributed by atoms with Crippen LogP contribution in [0.5, 0.6) is 0 Å². The van der Waals surface area contributed by atoms with Crippen LogP contribution in [0.25, 0.3) is 0 Å². The van der Waals surface area contributed by atoms with Crippen molar-refractivity contribution in [1.82, 2.24) is 0 Å². The Bertz CT molecular complexity index is 453. The van der Waals surface area contributed by atoms with E-state index in [0.29, 0.717) is 5.56 Å². The molecular formula is C12H12ClFO2. The molecule has 0 saturated heterocycles. The van der Waals surface area contributed by atoms with Crippen LogP contribution in [0.4, 0.5) is 4.39 Å². The van der Waals surface area contributed by atoms with Gasteiger partial charge >= 0.3 is 5.97 Å². The largest absolute Gasteiger partial charge is 0.481 e. The van der Waals surface area contributed by atoms with Crippen LogP contribution in [0.1, 0.15) is 30.4 Å². The normalized spacial score (nSPS) is 17.2. The first-order valence-electron chi connectivity index (χ1n) is 5.13. The number of benzene rings is 1. The molecule has 1 saturated carbocycles. The van der Waals surface area contributed by atoms with Crippen LogP contribution in [0, 0.1) is 12.7 Å². The molecule has 1 N–H and O–H groups in total. The summed E-state index contributed by atoms with van der Waals surface area (Å²) in [5.74, 6) is -1.27.